The second-order valence-electron chi connectivity index (χ2n) is 5.32. The van der Waals surface area contributed by atoms with Crippen molar-refractivity contribution in [2.45, 2.75) is 18.2 Å². The fraction of sp³-hybridized carbons (Fsp3) is 0.571. The smallest absolute Gasteiger partial charge is 0.245 e. The Hall–Kier alpha value is -1.15. The van der Waals surface area contributed by atoms with Crippen LogP contribution in [0.4, 0.5) is 5.69 Å². The third kappa shape index (κ3) is 3.55. The first kappa shape index (κ1) is 16.2. The van der Waals surface area contributed by atoms with Gasteiger partial charge in [-0.15, -0.1) is 0 Å². The van der Waals surface area contributed by atoms with Crippen LogP contribution in [0.25, 0.3) is 0 Å². The highest BCUT2D eigenvalue weighted by atomic mass is 32.2. The van der Waals surface area contributed by atoms with Crippen LogP contribution < -0.4 is 5.73 Å². The lowest BCUT2D eigenvalue weighted by Crippen LogP contribution is -2.36. The molecule has 0 radical (unpaired) electrons. The Labute approximate surface area is 126 Å². The van der Waals surface area contributed by atoms with E-state index in [0.717, 1.165) is 13.0 Å². The van der Waals surface area contributed by atoms with Crippen molar-refractivity contribution in [1.82, 2.24) is 9.21 Å². The quantitative estimate of drug-likeness (QED) is 0.779. The predicted octanol–water partition coefficient (Wildman–Crippen LogP) is 0.266. The van der Waals surface area contributed by atoms with Crippen LogP contribution in [0.1, 0.15) is 12.0 Å². The molecule has 0 aromatic heterocycles. The van der Waals surface area contributed by atoms with E-state index < -0.39 is 10.0 Å². The van der Waals surface area contributed by atoms with Crippen molar-refractivity contribution >= 4 is 15.7 Å². The van der Waals surface area contributed by atoms with Gasteiger partial charge in [-0.25, -0.2) is 8.42 Å². The molecule has 21 heavy (non-hydrogen) atoms. The normalized spacial score (nSPS) is 18.6. The number of benzene rings is 1. The van der Waals surface area contributed by atoms with E-state index in [4.69, 9.17) is 10.8 Å². The summed E-state index contributed by atoms with van der Waals surface area (Å²) in [7, 11) is -3.57. The highest BCUT2D eigenvalue weighted by molar-refractivity contribution is 7.89. The Bertz CT molecular complexity index is 569. The van der Waals surface area contributed by atoms with Crippen LogP contribution >= 0.6 is 0 Å². The van der Waals surface area contributed by atoms with Gasteiger partial charge in [0.2, 0.25) is 10.0 Å². The Morgan fingerprint density at radius 1 is 1.24 bits per heavy atom. The minimum atomic E-state index is -3.57. The minimum Gasteiger partial charge on any atom is -0.398 e. The number of nitrogens with two attached hydrogens (primary N) is 1. The number of hydrogen-bond acceptors (Lipinski definition) is 5. The number of nitrogens with zero attached hydrogens (tertiary/aromatic N) is 2. The molecular weight excluding hydrogens is 290 g/mol. The second kappa shape index (κ2) is 6.74. The number of aliphatic hydroxyl groups excluding tert-OH is 1. The molecule has 1 aromatic carbocycles. The van der Waals surface area contributed by atoms with Gasteiger partial charge in [0.15, 0.2) is 0 Å². The van der Waals surface area contributed by atoms with Gasteiger partial charge in [-0.1, -0.05) is 12.1 Å². The molecule has 7 heteroatoms. The maximum atomic E-state index is 12.8. The van der Waals surface area contributed by atoms with Crippen LogP contribution in [0.5, 0.6) is 0 Å². The molecular formula is C14H23N3O3S. The Balaban J connectivity index is 2.24. The SMILES string of the molecule is Cc1cccc(N)c1S(=O)(=O)N1CCCN(CCO)CC1. The molecule has 0 unspecified atom stereocenters. The van der Waals surface area contributed by atoms with Gasteiger partial charge in [0.1, 0.15) is 4.90 Å². The van der Waals surface area contributed by atoms with Crippen LogP contribution in [-0.4, -0.2) is 62.1 Å². The van der Waals surface area contributed by atoms with Crippen molar-refractivity contribution in [2.24, 2.45) is 0 Å². The van der Waals surface area contributed by atoms with Crippen molar-refractivity contribution in [2.75, 3.05) is 45.1 Å². The molecule has 6 nitrogen and oxygen atoms in total. The molecule has 1 aliphatic rings. The molecule has 0 bridgehead atoms. The number of aryl methyl sites for hydroxylation is 1. The minimum absolute atomic E-state index is 0.0947. The number of anilines is 1. The number of sulfonamides is 1. The maximum absolute atomic E-state index is 12.8. The van der Waals surface area contributed by atoms with E-state index in [1.54, 1.807) is 25.1 Å². The summed E-state index contributed by atoms with van der Waals surface area (Å²) in [6, 6.07) is 5.14. The summed E-state index contributed by atoms with van der Waals surface area (Å²) in [5, 5.41) is 9.00. The van der Waals surface area contributed by atoms with Crippen LogP contribution in [0.2, 0.25) is 0 Å². The summed E-state index contributed by atoms with van der Waals surface area (Å²) in [6.07, 6.45) is 0.755. The van der Waals surface area contributed by atoms with E-state index in [0.29, 0.717) is 37.4 Å². The van der Waals surface area contributed by atoms with Gasteiger partial charge in [-0.3, -0.25) is 4.90 Å². The number of aliphatic hydroxyl groups is 1. The van der Waals surface area contributed by atoms with Crippen LogP contribution in [0, 0.1) is 6.92 Å². The maximum Gasteiger partial charge on any atom is 0.245 e. The summed E-state index contributed by atoms with van der Waals surface area (Å²) in [6.45, 7) is 4.78. The molecule has 3 N–H and O–H groups in total. The summed E-state index contributed by atoms with van der Waals surface area (Å²) < 4.78 is 27.2. The van der Waals surface area contributed by atoms with Crippen molar-refractivity contribution in [3.8, 4) is 0 Å². The Morgan fingerprint density at radius 2 is 2.00 bits per heavy atom. The van der Waals surface area contributed by atoms with Crippen molar-refractivity contribution in [3.63, 3.8) is 0 Å². The number of rotatable bonds is 4. The summed E-state index contributed by atoms with van der Waals surface area (Å²) >= 11 is 0. The lowest BCUT2D eigenvalue weighted by atomic mass is 10.2. The standard InChI is InChI=1S/C14H23N3O3S/c1-12-4-2-5-13(15)14(12)21(19,20)17-7-3-6-16(8-9-17)10-11-18/h2,4-5,18H,3,6-11,15H2,1H3. The summed E-state index contributed by atoms with van der Waals surface area (Å²) in [4.78, 5) is 2.30. The number of hydrogen-bond donors (Lipinski definition) is 2. The topological polar surface area (TPSA) is 86.9 Å². The Kier molecular flexibility index (Phi) is 5.21. The monoisotopic (exact) mass is 313 g/mol. The van der Waals surface area contributed by atoms with Gasteiger partial charge in [0, 0.05) is 26.2 Å². The molecule has 2 rings (SSSR count). The average molecular weight is 313 g/mol. The van der Waals surface area contributed by atoms with Crippen LogP contribution in [0.3, 0.4) is 0 Å². The van der Waals surface area contributed by atoms with Gasteiger partial charge < -0.3 is 10.8 Å². The van der Waals surface area contributed by atoms with Gasteiger partial charge in [0.05, 0.1) is 12.3 Å². The average Bonchev–Trinajstić information content (AvgIpc) is 2.65. The zero-order valence-corrected chi connectivity index (χ0v) is 13.1. The first-order valence-corrected chi connectivity index (χ1v) is 8.59. The summed E-state index contributed by atoms with van der Waals surface area (Å²) in [5.74, 6) is 0. The van der Waals surface area contributed by atoms with E-state index in [9.17, 15) is 8.42 Å². The summed E-state index contributed by atoms with van der Waals surface area (Å²) in [5.41, 5.74) is 6.85. The molecule has 0 saturated carbocycles. The van der Waals surface area contributed by atoms with E-state index in [2.05, 4.69) is 4.90 Å². The third-order valence-electron chi connectivity index (χ3n) is 3.80. The Morgan fingerprint density at radius 3 is 2.67 bits per heavy atom. The van der Waals surface area contributed by atoms with Crippen molar-refractivity contribution in [1.29, 1.82) is 0 Å². The second-order valence-corrected chi connectivity index (χ2v) is 7.19. The fourth-order valence-electron chi connectivity index (χ4n) is 2.71. The predicted molar refractivity (Wildman–Crippen MR) is 82.5 cm³/mol. The molecule has 0 amide bonds. The van der Waals surface area contributed by atoms with E-state index in [1.165, 1.54) is 4.31 Å². The zero-order valence-electron chi connectivity index (χ0n) is 12.3. The van der Waals surface area contributed by atoms with Crippen molar-refractivity contribution < 1.29 is 13.5 Å². The first-order chi connectivity index (χ1) is 9.96. The highest BCUT2D eigenvalue weighted by Gasteiger charge is 2.29. The molecule has 0 aliphatic carbocycles. The van der Waals surface area contributed by atoms with Gasteiger partial charge in [0.25, 0.3) is 0 Å². The number of β-amino-alcohol motifs (C(OH)–C–C–N with tert-alkyl or cyclic N) is 1. The van der Waals surface area contributed by atoms with Gasteiger partial charge >= 0.3 is 0 Å². The molecule has 1 aromatic rings. The van der Waals surface area contributed by atoms with Crippen LogP contribution in [-0.2, 0) is 10.0 Å². The highest BCUT2D eigenvalue weighted by Crippen LogP contribution is 2.26. The van der Waals surface area contributed by atoms with Gasteiger partial charge in [-0.2, -0.15) is 4.31 Å². The van der Waals surface area contributed by atoms with E-state index >= 15 is 0 Å². The van der Waals surface area contributed by atoms with Crippen LogP contribution in [0.15, 0.2) is 23.1 Å². The fourth-order valence-corrected chi connectivity index (χ4v) is 4.50. The molecule has 0 atom stereocenters. The number of nitrogen functional groups attached to an aromatic ring is 1. The molecule has 118 valence electrons. The molecule has 0 spiro atoms. The van der Waals surface area contributed by atoms with E-state index in [-0.39, 0.29) is 11.5 Å². The lowest BCUT2D eigenvalue weighted by molar-refractivity contribution is 0.202. The molecule has 1 saturated heterocycles. The van der Waals surface area contributed by atoms with Gasteiger partial charge in [-0.05, 0) is 31.5 Å². The zero-order chi connectivity index (χ0) is 15.5. The van der Waals surface area contributed by atoms with Crippen molar-refractivity contribution in [3.05, 3.63) is 23.8 Å². The third-order valence-corrected chi connectivity index (χ3v) is 5.92. The molecule has 1 heterocycles. The molecule has 1 fully saturated rings. The molecule has 1 aliphatic heterocycles. The first-order valence-electron chi connectivity index (χ1n) is 7.15. The van der Waals surface area contributed by atoms with E-state index in [1.807, 2.05) is 0 Å². The largest absolute Gasteiger partial charge is 0.398 e. The lowest BCUT2D eigenvalue weighted by Gasteiger charge is -2.22.